The molecule has 3 heterocycles. The van der Waals surface area contributed by atoms with Gasteiger partial charge in [-0.1, -0.05) is 18.2 Å². The summed E-state index contributed by atoms with van der Waals surface area (Å²) < 4.78 is 24.1. The predicted molar refractivity (Wildman–Crippen MR) is 124 cm³/mol. The molecule has 0 radical (unpaired) electrons. The van der Waals surface area contributed by atoms with Gasteiger partial charge >= 0.3 is 0 Å². The first-order valence-corrected chi connectivity index (χ1v) is 12.2. The highest BCUT2D eigenvalue weighted by Gasteiger charge is 2.16. The molecule has 0 saturated carbocycles. The van der Waals surface area contributed by atoms with E-state index in [0.29, 0.717) is 15.5 Å². The first-order valence-electron chi connectivity index (χ1n) is 9.53. The number of aromatic nitrogens is 4. The van der Waals surface area contributed by atoms with E-state index in [1.807, 2.05) is 36.4 Å². The van der Waals surface area contributed by atoms with Crippen molar-refractivity contribution in [2.75, 3.05) is 6.26 Å². The van der Waals surface area contributed by atoms with Gasteiger partial charge in [0.15, 0.2) is 9.84 Å². The molecule has 0 atom stereocenters. The monoisotopic (exact) mass is 457 g/mol. The highest BCUT2D eigenvalue weighted by molar-refractivity contribution is 7.92. The molecule has 5 aromatic rings. The molecule has 9 heteroatoms. The van der Waals surface area contributed by atoms with Gasteiger partial charge in [0.1, 0.15) is 10.5 Å². The Balaban J connectivity index is 1.66. The van der Waals surface area contributed by atoms with Crippen molar-refractivity contribution in [1.29, 1.82) is 5.26 Å². The standard InChI is InChI=1S/C23H15N5O2S2/c1-32(29,30)21-8-7-20(31-21)23-17-10-15(5-6-19(17)25-13-26-23)18-12-27-28-22(18)16-4-2-3-14(9-16)11-24/h2-10,12-13H,1H3,(H,27,28). The fraction of sp³-hybridized carbons (Fsp3) is 0.0435. The lowest BCUT2D eigenvalue weighted by Gasteiger charge is -2.08. The van der Waals surface area contributed by atoms with E-state index < -0.39 is 9.84 Å². The molecule has 0 aliphatic heterocycles. The Morgan fingerprint density at radius 2 is 1.91 bits per heavy atom. The highest BCUT2D eigenvalue weighted by Crippen LogP contribution is 2.36. The average molecular weight is 458 g/mol. The minimum atomic E-state index is -3.29. The van der Waals surface area contributed by atoms with E-state index in [0.717, 1.165) is 38.2 Å². The summed E-state index contributed by atoms with van der Waals surface area (Å²) in [5.41, 5.74) is 5.43. The van der Waals surface area contributed by atoms with Crippen LogP contribution >= 0.6 is 11.3 Å². The number of nitriles is 1. The quantitative estimate of drug-likeness (QED) is 0.419. The third kappa shape index (κ3) is 3.56. The lowest BCUT2D eigenvalue weighted by molar-refractivity contribution is 0.604. The molecule has 2 aromatic carbocycles. The van der Waals surface area contributed by atoms with Crippen LogP contribution in [-0.4, -0.2) is 34.8 Å². The van der Waals surface area contributed by atoms with Gasteiger partial charge in [0.25, 0.3) is 0 Å². The summed E-state index contributed by atoms with van der Waals surface area (Å²) in [6.45, 7) is 0. The molecule has 0 fully saturated rings. The molecule has 3 aromatic heterocycles. The van der Waals surface area contributed by atoms with Gasteiger partial charge in [-0.25, -0.2) is 18.4 Å². The minimum Gasteiger partial charge on any atom is -0.277 e. The first kappa shape index (κ1) is 20.1. The van der Waals surface area contributed by atoms with Crippen molar-refractivity contribution in [2.24, 2.45) is 0 Å². The lowest BCUT2D eigenvalue weighted by atomic mass is 9.99. The van der Waals surface area contributed by atoms with Gasteiger partial charge in [-0.05, 0) is 42.0 Å². The molecular formula is C23H15N5O2S2. The second-order valence-corrected chi connectivity index (χ2v) is 10.5. The van der Waals surface area contributed by atoms with Crippen LogP contribution in [0.15, 0.2) is 71.3 Å². The molecule has 0 aliphatic carbocycles. The fourth-order valence-corrected chi connectivity index (χ4v) is 5.47. The number of sulfone groups is 1. The third-order valence-electron chi connectivity index (χ3n) is 5.05. The predicted octanol–water partition coefficient (Wildman–Crippen LogP) is 4.69. The Labute approximate surface area is 188 Å². The maximum Gasteiger partial charge on any atom is 0.184 e. The molecule has 0 amide bonds. The second kappa shape index (κ2) is 7.67. The molecular weight excluding hydrogens is 442 g/mol. The van der Waals surface area contributed by atoms with Crippen LogP contribution in [0.3, 0.4) is 0 Å². The van der Waals surface area contributed by atoms with Crippen molar-refractivity contribution >= 4 is 32.1 Å². The van der Waals surface area contributed by atoms with Gasteiger partial charge in [0.2, 0.25) is 0 Å². The van der Waals surface area contributed by atoms with Gasteiger partial charge in [0, 0.05) is 22.8 Å². The van der Waals surface area contributed by atoms with E-state index in [9.17, 15) is 13.7 Å². The number of H-pyrrole nitrogens is 1. The van der Waals surface area contributed by atoms with Crippen LogP contribution in [0.4, 0.5) is 0 Å². The molecule has 0 bridgehead atoms. The fourth-order valence-electron chi connectivity index (χ4n) is 3.54. The number of nitrogens with one attached hydrogen (secondary N) is 1. The maximum atomic E-state index is 11.9. The van der Waals surface area contributed by atoms with Gasteiger partial charge in [-0.2, -0.15) is 10.4 Å². The van der Waals surface area contributed by atoms with Gasteiger partial charge < -0.3 is 0 Å². The zero-order valence-electron chi connectivity index (χ0n) is 16.8. The Morgan fingerprint density at radius 3 is 2.69 bits per heavy atom. The summed E-state index contributed by atoms with van der Waals surface area (Å²) in [6, 6.07) is 18.7. The lowest BCUT2D eigenvalue weighted by Crippen LogP contribution is -1.92. The molecule has 0 unspecified atom stereocenters. The van der Waals surface area contributed by atoms with Crippen molar-refractivity contribution in [3.63, 3.8) is 0 Å². The van der Waals surface area contributed by atoms with Crippen LogP contribution in [-0.2, 0) is 9.84 Å². The van der Waals surface area contributed by atoms with Crippen LogP contribution in [0.1, 0.15) is 5.56 Å². The van der Waals surface area contributed by atoms with Crippen molar-refractivity contribution in [3.8, 4) is 39.0 Å². The summed E-state index contributed by atoms with van der Waals surface area (Å²) in [4.78, 5) is 9.56. The van der Waals surface area contributed by atoms with Crippen molar-refractivity contribution in [1.82, 2.24) is 20.2 Å². The van der Waals surface area contributed by atoms with E-state index in [4.69, 9.17) is 0 Å². The van der Waals surface area contributed by atoms with Crippen LogP contribution in [0.25, 0.3) is 43.9 Å². The van der Waals surface area contributed by atoms with E-state index in [-0.39, 0.29) is 0 Å². The zero-order valence-corrected chi connectivity index (χ0v) is 18.4. The summed E-state index contributed by atoms with van der Waals surface area (Å²) in [6.07, 6.45) is 4.42. The second-order valence-electron chi connectivity index (χ2n) is 7.20. The smallest absolute Gasteiger partial charge is 0.184 e. The van der Waals surface area contributed by atoms with Gasteiger partial charge in [0.05, 0.1) is 39.6 Å². The number of hydrogen-bond donors (Lipinski definition) is 1. The van der Waals surface area contributed by atoms with E-state index in [2.05, 4.69) is 26.2 Å². The Bertz CT molecular complexity index is 1630. The molecule has 0 aliphatic rings. The molecule has 1 N–H and O–H groups in total. The SMILES string of the molecule is CS(=O)(=O)c1ccc(-c2ncnc3ccc(-c4cn[nH]c4-c4cccc(C#N)c4)cc23)s1. The first-order chi connectivity index (χ1) is 15.4. The van der Waals surface area contributed by atoms with Crippen molar-refractivity contribution in [2.45, 2.75) is 4.21 Å². The zero-order chi connectivity index (χ0) is 22.3. The normalized spacial score (nSPS) is 11.5. The maximum absolute atomic E-state index is 11.9. The number of nitrogens with zero attached hydrogens (tertiary/aromatic N) is 4. The molecule has 32 heavy (non-hydrogen) atoms. The number of fused-ring (bicyclic) bond motifs is 1. The largest absolute Gasteiger partial charge is 0.277 e. The molecule has 156 valence electrons. The number of thiophene rings is 1. The number of hydrogen-bond acceptors (Lipinski definition) is 7. The average Bonchev–Trinajstić information content (AvgIpc) is 3.48. The molecule has 0 spiro atoms. The van der Waals surface area contributed by atoms with E-state index >= 15 is 0 Å². The third-order valence-corrected chi connectivity index (χ3v) is 7.96. The highest BCUT2D eigenvalue weighted by atomic mass is 32.2. The van der Waals surface area contributed by atoms with Crippen molar-refractivity contribution < 1.29 is 8.42 Å². The van der Waals surface area contributed by atoms with Gasteiger partial charge in [-0.3, -0.25) is 5.10 Å². The Hall–Kier alpha value is -3.87. The van der Waals surface area contributed by atoms with Crippen molar-refractivity contribution in [3.05, 3.63) is 72.7 Å². The number of benzene rings is 2. The molecule has 7 nitrogen and oxygen atoms in total. The summed E-state index contributed by atoms with van der Waals surface area (Å²) in [5, 5.41) is 17.3. The van der Waals surface area contributed by atoms with Crippen LogP contribution in [0.5, 0.6) is 0 Å². The summed E-state index contributed by atoms with van der Waals surface area (Å²) in [7, 11) is -3.29. The number of aromatic amines is 1. The van der Waals surface area contributed by atoms with Crippen LogP contribution in [0, 0.1) is 11.3 Å². The molecule has 0 saturated heterocycles. The number of rotatable bonds is 4. The minimum absolute atomic E-state index is 0.296. The van der Waals surface area contributed by atoms with E-state index in [1.165, 1.54) is 23.9 Å². The van der Waals surface area contributed by atoms with E-state index in [1.54, 1.807) is 24.4 Å². The Morgan fingerprint density at radius 1 is 1.03 bits per heavy atom. The topological polar surface area (TPSA) is 112 Å². The summed E-state index contributed by atoms with van der Waals surface area (Å²) >= 11 is 1.19. The Kier molecular flexibility index (Phi) is 4.81. The van der Waals surface area contributed by atoms with Crippen LogP contribution < -0.4 is 0 Å². The van der Waals surface area contributed by atoms with Crippen LogP contribution in [0.2, 0.25) is 0 Å². The summed E-state index contributed by atoms with van der Waals surface area (Å²) in [5.74, 6) is 0. The molecule has 5 rings (SSSR count). The van der Waals surface area contributed by atoms with Gasteiger partial charge in [-0.15, -0.1) is 11.3 Å².